The van der Waals surface area contributed by atoms with Gasteiger partial charge in [0.2, 0.25) is 0 Å². The van der Waals surface area contributed by atoms with Gasteiger partial charge in [0.25, 0.3) is 0 Å². The lowest BCUT2D eigenvalue weighted by molar-refractivity contribution is 0.364. The summed E-state index contributed by atoms with van der Waals surface area (Å²) in [7, 11) is 4.08. The van der Waals surface area contributed by atoms with Crippen LogP contribution in [0.25, 0.3) is 0 Å². The molecule has 1 heterocycles. The first kappa shape index (κ1) is 16.0. The van der Waals surface area contributed by atoms with E-state index in [-0.39, 0.29) is 12.0 Å². The average Bonchev–Trinajstić information content (AvgIpc) is 2.85. The van der Waals surface area contributed by atoms with Gasteiger partial charge in [-0.1, -0.05) is 48.9 Å². The molecule has 2 unspecified atom stereocenters. The lowest BCUT2D eigenvalue weighted by Gasteiger charge is -2.22. The van der Waals surface area contributed by atoms with E-state index in [4.69, 9.17) is 17.3 Å². The molecular formula is C16H23ClN4. The molecule has 2 atom stereocenters. The summed E-state index contributed by atoms with van der Waals surface area (Å²) in [6, 6.07) is 10.1. The van der Waals surface area contributed by atoms with Crippen molar-refractivity contribution >= 4 is 11.6 Å². The monoisotopic (exact) mass is 306 g/mol. The minimum absolute atomic E-state index is 0.176. The number of benzene rings is 1. The molecule has 5 heteroatoms. The van der Waals surface area contributed by atoms with Gasteiger partial charge in [0.05, 0.1) is 29.5 Å². The third-order valence-corrected chi connectivity index (χ3v) is 4.06. The topological polar surface area (TPSA) is 47.1 Å². The molecule has 21 heavy (non-hydrogen) atoms. The fourth-order valence-corrected chi connectivity index (χ4v) is 2.64. The second kappa shape index (κ2) is 7.07. The van der Waals surface area contributed by atoms with Gasteiger partial charge in [-0.15, -0.1) is 0 Å². The maximum Gasteiger partial charge on any atom is 0.0834 e. The predicted molar refractivity (Wildman–Crippen MR) is 87.6 cm³/mol. The van der Waals surface area contributed by atoms with Gasteiger partial charge in [-0.25, -0.2) is 0 Å². The average molecular weight is 307 g/mol. The number of hydrogen-bond acceptors (Lipinski definition) is 3. The normalized spacial score (nSPS) is 14.4. The molecule has 0 amide bonds. The Morgan fingerprint density at radius 1 is 1.29 bits per heavy atom. The van der Waals surface area contributed by atoms with E-state index in [2.05, 4.69) is 29.1 Å². The van der Waals surface area contributed by atoms with Crippen LogP contribution in [-0.4, -0.2) is 35.3 Å². The van der Waals surface area contributed by atoms with Crippen LogP contribution >= 0.6 is 11.6 Å². The van der Waals surface area contributed by atoms with Crippen LogP contribution in [0.5, 0.6) is 0 Å². The van der Waals surface area contributed by atoms with Gasteiger partial charge in [0.1, 0.15) is 0 Å². The van der Waals surface area contributed by atoms with Crippen molar-refractivity contribution in [1.82, 2.24) is 14.7 Å². The van der Waals surface area contributed by atoms with Gasteiger partial charge in [0.15, 0.2) is 0 Å². The molecule has 0 aliphatic rings. The Balaban J connectivity index is 2.22. The summed E-state index contributed by atoms with van der Waals surface area (Å²) in [5.74, 6) is 0.179. The minimum Gasteiger partial charge on any atom is -0.322 e. The van der Waals surface area contributed by atoms with Crippen molar-refractivity contribution in [3.05, 3.63) is 52.8 Å². The van der Waals surface area contributed by atoms with Crippen molar-refractivity contribution in [2.45, 2.75) is 25.4 Å². The maximum atomic E-state index is 6.46. The molecule has 4 nitrogen and oxygen atoms in total. The smallest absolute Gasteiger partial charge is 0.0834 e. The zero-order valence-electron chi connectivity index (χ0n) is 12.8. The number of hydrogen-bond donors (Lipinski definition) is 1. The van der Waals surface area contributed by atoms with Crippen LogP contribution in [-0.2, 0) is 6.54 Å². The molecule has 2 N–H and O–H groups in total. The zero-order chi connectivity index (χ0) is 15.4. The number of likely N-dealkylation sites (N-methyl/N-ethyl adjacent to an activating group) is 1. The second-order valence-electron chi connectivity index (χ2n) is 5.63. The van der Waals surface area contributed by atoms with Crippen LogP contribution in [0.2, 0.25) is 5.02 Å². The first-order valence-corrected chi connectivity index (χ1v) is 7.55. The van der Waals surface area contributed by atoms with Gasteiger partial charge in [-0.3, -0.25) is 4.68 Å². The van der Waals surface area contributed by atoms with Crippen molar-refractivity contribution in [3.63, 3.8) is 0 Å². The Morgan fingerprint density at radius 3 is 2.57 bits per heavy atom. The third-order valence-electron chi connectivity index (χ3n) is 3.77. The van der Waals surface area contributed by atoms with E-state index in [1.54, 1.807) is 6.20 Å². The summed E-state index contributed by atoms with van der Waals surface area (Å²) < 4.78 is 1.92. The quantitative estimate of drug-likeness (QED) is 0.892. The van der Waals surface area contributed by atoms with E-state index in [0.717, 1.165) is 18.8 Å². The highest BCUT2D eigenvalue weighted by Gasteiger charge is 2.23. The van der Waals surface area contributed by atoms with Crippen LogP contribution < -0.4 is 5.73 Å². The number of aromatic nitrogens is 2. The van der Waals surface area contributed by atoms with Crippen molar-refractivity contribution in [2.75, 3.05) is 20.6 Å². The van der Waals surface area contributed by atoms with Crippen molar-refractivity contribution in [2.24, 2.45) is 5.73 Å². The Kier molecular flexibility index (Phi) is 5.39. The van der Waals surface area contributed by atoms with Gasteiger partial charge >= 0.3 is 0 Å². The number of rotatable bonds is 6. The summed E-state index contributed by atoms with van der Waals surface area (Å²) in [6.07, 6.45) is 1.68. The lowest BCUT2D eigenvalue weighted by atomic mass is 9.92. The van der Waals surface area contributed by atoms with E-state index >= 15 is 0 Å². The molecule has 0 saturated heterocycles. The Hall–Kier alpha value is -1.36. The molecule has 0 aliphatic heterocycles. The number of nitrogens with zero attached hydrogens (tertiary/aromatic N) is 3. The SMILES string of the molecule is CC(c1ccccc1)C(N)c1c(Cl)cnn1CCN(C)C. The summed E-state index contributed by atoms with van der Waals surface area (Å²) in [6.45, 7) is 3.81. The summed E-state index contributed by atoms with van der Waals surface area (Å²) >= 11 is 6.31. The highest BCUT2D eigenvalue weighted by molar-refractivity contribution is 6.31. The van der Waals surface area contributed by atoms with E-state index in [0.29, 0.717) is 5.02 Å². The molecule has 114 valence electrons. The molecule has 2 rings (SSSR count). The minimum atomic E-state index is -0.176. The summed E-state index contributed by atoms with van der Waals surface area (Å²) in [5.41, 5.74) is 8.59. The maximum absolute atomic E-state index is 6.46. The molecule has 0 aliphatic carbocycles. The zero-order valence-corrected chi connectivity index (χ0v) is 13.6. The first-order valence-electron chi connectivity index (χ1n) is 7.17. The molecule has 0 bridgehead atoms. The second-order valence-corrected chi connectivity index (χ2v) is 6.04. The third kappa shape index (κ3) is 3.84. The highest BCUT2D eigenvalue weighted by atomic mass is 35.5. The van der Waals surface area contributed by atoms with Crippen LogP contribution in [0.4, 0.5) is 0 Å². The highest BCUT2D eigenvalue weighted by Crippen LogP contribution is 2.32. The van der Waals surface area contributed by atoms with E-state index in [1.165, 1.54) is 5.56 Å². The molecule has 0 radical (unpaired) electrons. The molecule has 0 saturated carbocycles. The predicted octanol–water partition coefficient (Wildman–Crippen LogP) is 2.90. The molecule has 0 fully saturated rings. The van der Waals surface area contributed by atoms with E-state index in [9.17, 15) is 0 Å². The molecule has 1 aromatic heterocycles. The van der Waals surface area contributed by atoms with Gasteiger partial charge in [-0.2, -0.15) is 5.10 Å². The largest absolute Gasteiger partial charge is 0.322 e. The van der Waals surface area contributed by atoms with E-state index in [1.807, 2.05) is 37.0 Å². The fraction of sp³-hybridized carbons (Fsp3) is 0.438. The van der Waals surface area contributed by atoms with Crippen molar-refractivity contribution < 1.29 is 0 Å². The number of halogens is 1. The fourth-order valence-electron chi connectivity index (χ4n) is 2.38. The van der Waals surface area contributed by atoms with Crippen LogP contribution in [0.15, 0.2) is 36.5 Å². The number of nitrogens with two attached hydrogens (primary N) is 1. The van der Waals surface area contributed by atoms with Crippen molar-refractivity contribution in [1.29, 1.82) is 0 Å². The van der Waals surface area contributed by atoms with Crippen LogP contribution in [0.3, 0.4) is 0 Å². The van der Waals surface area contributed by atoms with Gasteiger partial charge in [0, 0.05) is 12.5 Å². The molecular weight excluding hydrogens is 284 g/mol. The van der Waals surface area contributed by atoms with Crippen LogP contribution in [0.1, 0.15) is 30.1 Å². The van der Waals surface area contributed by atoms with Gasteiger partial charge < -0.3 is 10.6 Å². The molecule has 2 aromatic rings. The Morgan fingerprint density at radius 2 is 1.95 bits per heavy atom. The Bertz CT molecular complexity index is 565. The van der Waals surface area contributed by atoms with Gasteiger partial charge in [-0.05, 0) is 19.7 Å². The summed E-state index contributed by atoms with van der Waals surface area (Å²) in [5, 5.41) is 5.01. The Labute approximate surface area is 131 Å². The summed E-state index contributed by atoms with van der Waals surface area (Å²) in [4.78, 5) is 2.12. The van der Waals surface area contributed by atoms with Crippen molar-refractivity contribution in [3.8, 4) is 0 Å². The van der Waals surface area contributed by atoms with Crippen LogP contribution in [0, 0.1) is 0 Å². The standard InChI is InChI=1S/C16H23ClN4/c1-12(13-7-5-4-6-8-13)15(18)16-14(17)11-19-21(16)10-9-20(2)3/h4-8,11-12,15H,9-10,18H2,1-3H3. The lowest BCUT2D eigenvalue weighted by Crippen LogP contribution is -2.25. The first-order chi connectivity index (χ1) is 10.0. The molecule has 0 spiro atoms. The molecule has 1 aromatic carbocycles. The van der Waals surface area contributed by atoms with E-state index < -0.39 is 0 Å².